The van der Waals surface area contributed by atoms with E-state index >= 15 is 0 Å². The molecule has 146 valence electrons. The number of nitrogens with one attached hydrogen (secondary N) is 2. The molecule has 3 heterocycles. The summed E-state index contributed by atoms with van der Waals surface area (Å²) in [7, 11) is 0. The van der Waals surface area contributed by atoms with Gasteiger partial charge in [-0.2, -0.15) is 0 Å². The van der Waals surface area contributed by atoms with Gasteiger partial charge in [0.1, 0.15) is 16.9 Å². The van der Waals surface area contributed by atoms with Crippen molar-refractivity contribution >= 4 is 34.3 Å². The second-order valence-corrected chi connectivity index (χ2v) is 6.62. The monoisotopic (exact) mass is 404 g/mol. The van der Waals surface area contributed by atoms with Crippen molar-refractivity contribution in [2.24, 2.45) is 0 Å². The minimum Gasteiger partial charge on any atom is -0.349 e. The van der Waals surface area contributed by atoms with Crippen LogP contribution in [0.25, 0.3) is 10.9 Å². The van der Waals surface area contributed by atoms with Crippen LogP contribution in [0, 0.1) is 0 Å². The van der Waals surface area contributed by atoms with Crippen LogP contribution in [-0.2, 0) is 9.53 Å². The van der Waals surface area contributed by atoms with E-state index in [1.54, 1.807) is 12.1 Å². The zero-order valence-corrected chi connectivity index (χ0v) is 14.9. The molecule has 1 fully saturated rings. The fourth-order valence-corrected chi connectivity index (χ4v) is 3.12. The Morgan fingerprint density at radius 3 is 2.89 bits per heavy atom. The number of alkyl halides is 3. The number of carbonyl (C=O) groups excluding carboxylic acids is 2. The van der Waals surface area contributed by atoms with Gasteiger partial charge in [-0.15, -0.1) is 13.2 Å². The third-order valence-corrected chi connectivity index (χ3v) is 4.40. The summed E-state index contributed by atoms with van der Waals surface area (Å²) in [6, 6.07) is 2.25. The number of rotatable bonds is 4. The van der Waals surface area contributed by atoms with E-state index in [0.717, 1.165) is 0 Å². The fourth-order valence-electron chi connectivity index (χ4n) is 2.95. The summed E-state index contributed by atoms with van der Waals surface area (Å²) in [5, 5.41) is 3.50. The predicted octanol–water partition coefficient (Wildman–Crippen LogP) is 2.47. The zero-order valence-electron chi connectivity index (χ0n) is 14.1. The molecule has 2 N–H and O–H groups in total. The van der Waals surface area contributed by atoms with Crippen LogP contribution < -0.4 is 5.32 Å². The molecule has 2 aromatic rings. The molecule has 0 aromatic carbocycles. The first-order valence-corrected chi connectivity index (χ1v) is 8.48. The van der Waals surface area contributed by atoms with Crippen molar-refractivity contribution in [2.45, 2.75) is 31.9 Å². The Balaban J connectivity index is 1.59. The molecule has 0 radical (unpaired) electrons. The Bertz CT molecular complexity index is 870. The quantitative estimate of drug-likeness (QED) is 0.766. The van der Waals surface area contributed by atoms with Gasteiger partial charge in [-0.1, -0.05) is 11.6 Å². The maximum absolute atomic E-state index is 12.4. The van der Waals surface area contributed by atoms with Gasteiger partial charge < -0.3 is 15.2 Å². The maximum atomic E-state index is 12.4. The van der Waals surface area contributed by atoms with Crippen LogP contribution in [0.3, 0.4) is 0 Å². The molecular formula is C16H16ClF3N4O3. The van der Waals surface area contributed by atoms with Gasteiger partial charge >= 0.3 is 6.36 Å². The molecule has 27 heavy (non-hydrogen) atoms. The Hall–Kier alpha value is -2.33. The number of hydrogen-bond acceptors (Lipinski definition) is 4. The van der Waals surface area contributed by atoms with Crippen molar-refractivity contribution in [3.05, 3.63) is 29.2 Å². The minimum atomic E-state index is -4.74. The van der Waals surface area contributed by atoms with Gasteiger partial charge in [0.15, 0.2) is 0 Å². The summed E-state index contributed by atoms with van der Waals surface area (Å²) in [5.74, 6) is -0.997. The summed E-state index contributed by atoms with van der Waals surface area (Å²) in [6.07, 6.45) is -4.27. The molecule has 2 atom stereocenters. The fraction of sp³-hybridized carbons (Fsp3) is 0.438. The number of hydrogen-bond donors (Lipinski definition) is 2. The topological polar surface area (TPSA) is 87.3 Å². The Morgan fingerprint density at radius 1 is 1.44 bits per heavy atom. The predicted molar refractivity (Wildman–Crippen MR) is 90.2 cm³/mol. The van der Waals surface area contributed by atoms with Gasteiger partial charge in [0.2, 0.25) is 5.91 Å². The Labute approximate surface area is 156 Å². The molecule has 11 heteroatoms. The van der Waals surface area contributed by atoms with E-state index in [1.807, 2.05) is 0 Å². The van der Waals surface area contributed by atoms with Crippen LogP contribution in [0.5, 0.6) is 0 Å². The van der Waals surface area contributed by atoms with Gasteiger partial charge in [-0.05, 0) is 25.5 Å². The van der Waals surface area contributed by atoms with Crippen LogP contribution in [0.15, 0.2) is 18.3 Å². The summed E-state index contributed by atoms with van der Waals surface area (Å²) in [4.78, 5) is 32.7. The molecule has 3 rings (SSSR count). The van der Waals surface area contributed by atoms with Gasteiger partial charge in [-0.3, -0.25) is 14.3 Å². The summed E-state index contributed by atoms with van der Waals surface area (Å²) in [5.41, 5.74) is 0.823. The van der Waals surface area contributed by atoms with E-state index in [2.05, 4.69) is 20.0 Å². The van der Waals surface area contributed by atoms with E-state index in [0.29, 0.717) is 10.9 Å². The molecule has 0 spiro atoms. The molecular weight excluding hydrogens is 389 g/mol. The van der Waals surface area contributed by atoms with Crippen LogP contribution in [-0.4, -0.2) is 58.3 Å². The lowest BCUT2D eigenvalue weighted by atomic mass is 10.2. The van der Waals surface area contributed by atoms with Gasteiger partial charge in [0, 0.05) is 18.5 Å². The molecule has 2 aromatic heterocycles. The lowest BCUT2D eigenvalue weighted by molar-refractivity contribution is -0.340. The van der Waals surface area contributed by atoms with Crippen LogP contribution in [0.4, 0.5) is 13.2 Å². The van der Waals surface area contributed by atoms with Crippen molar-refractivity contribution < 1.29 is 27.5 Å². The summed E-state index contributed by atoms with van der Waals surface area (Å²) in [6.45, 7) is 1.44. The highest BCUT2D eigenvalue weighted by Crippen LogP contribution is 2.24. The summed E-state index contributed by atoms with van der Waals surface area (Å²) < 4.78 is 40.8. The molecule has 0 saturated carbocycles. The second kappa shape index (κ2) is 7.35. The van der Waals surface area contributed by atoms with Gasteiger partial charge in [-0.25, -0.2) is 4.98 Å². The van der Waals surface area contributed by atoms with E-state index in [9.17, 15) is 22.8 Å². The maximum Gasteiger partial charge on any atom is 0.522 e. The minimum absolute atomic E-state index is 0.0850. The van der Waals surface area contributed by atoms with E-state index in [1.165, 1.54) is 18.0 Å². The highest BCUT2D eigenvalue weighted by atomic mass is 35.5. The van der Waals surface area contributed by atoms with E-state index in [-0.39, 0.29) is 30.4 Å². The number of pyridine rings is 1. The van der Waals surface area contributed by atoms with Gasteiger partial charge in [0.05, 0.1) is 17.8 Å². The normalized spacial score (nSPS) is 18.7. The van der Waals surface area contributed by atoms with Crippen molar-refractivity contribution in [1.82, 2.24) is 20.2 Å². The van der Waals surface area contributed by atoms with Crippen LogP contribution >= 0.6 is 11.6 Å². The van der Waals surface area contributed by atoms with Gasteiger partial charge in [0.25, 0.3) is 5.91 Å². The number of fused-ring (bicyclic) bond motifs is 1. The number of halogens is 4. The highest BCUT2D eigenvalue weighted by molar-refractivity contribution is 6.30. The van der Waals surface area contributed by atoms with E-state index < -0.39 is 30.3 Å². The number of nitrogens with zero attached hydrogens (tertiary/aromatic N) is 2. The average molecular weight is 405 g/mol. The van der Waals surface area contributed by atoms with Crippen molar-refractivity contribution in [2.75, 3.05) is 13.1 Å². The molecule has 0 bridgehead atoms. The smallest absolute Gasteiger partial charge is 0.349 e. The van der Waals surface area contributed by atoms with Crippen LogP contribution in [0.1, 0.15) is 23.8 Å². The first kappa shape index (κ1) is 19.4. The number of aromatic amines is 1. The van der Waals surface area contributed by atoms with Crippen molar-refractivity contribution in [3.63, 3.8) is 0 Å². The molecule has 0 aliphatic carbocycles. The molecule has 1 aliphatic rings. The number of carbonyl (C=O) groups is 2. The first-order valence-electron chi connectivity index (χ1n) is 8.11. The second-order valence-electron chi connectivity index (χ2n) is 6.23. The number of ether oxygens (including phenoxy) is 1. The number of amides is 2. The first-order chi connectivity index (χ1) is 12.6. The Kier molecular flexibility index (Phi) is 5.29. The molecule has 1 aliphatic heterocycles. The Morgan fingerprint density at radius 2 is 2.19 bits per heavy atom. The lowest BCUT2D eigenvalue weighted by Crippen LogP contribution is -2.46. The number of likely N-dealkylation sites (tertiary alicyclic amines) is 1. The third-order valence-electron chi connectivity index (χ3n) is 4.19. The SMILES string of the molecule is C[C@@H](NC(=O)c1cc2cc(Cl)ncc2[nH]1)C(=O)N1CC[C@@H](OC(F)(F)F)C1. The molecule has 1 saturated heterocycles. The number of aromatic nitrogens is 2. The third kappa shape index (κ3) is 4.69. The average Bonchev–Trinajstić information content (AvgIpc) is 3.18. The standard InChI is InChI=1S/C16H16ClF3N4O3/c1-8(15(26)24-3-2-10(7-24)27-16(18,19)20)22-14(25)11-4-9-5-13(17)21-6-12(9)23-11/h4-6,8,10,23H,2-3,7H2,1H3,(H,22,25)/t8-,10-/m1/s1. The zero-order chi connectivity index (χ0) is 19.8. The van der Waals surface area contributed by atoms with E-state index in [4.69, 9.17) is 11.6 Å². The molecule has 0 unspecified atom stereocenters. The highest BCUT2D eigenvalue weighted by Gasteiger charge is 2.38. The van der Waals surface area contributed by atoms with Crippen LogP contribution in [0.2, 0.25) is 5.15 Å². The van der Waals surface area contributed by atoms with Crippen molar-refractivity contribution in [1.29, 1.82) is 0 Å². The molecule has 7 nitrogen and oxygen atoms in total. The van der Waals surface area contributed by atoms with Crippen molar-refractivity contribution in [3.8, 4) is 0 Å². The number of H-pyrrole nitrogens is 1. The molecule has 2 amide bonds. The largest absolute Gasteiger partial charge is 0.522 e. The summed E-state index contributed by atoms with van der Waals surface area (Å²) >= 11 is 5.80. The lowest BCUT2D eigenvalue weighted by Gasteiger charge is -2.21.